The molecule has 0 amide bonds. The number of hydrogen-bond acceptors (Lipinski definition) is 4. The molecule has 0 aromatic heterocycles. The Hall–Kier alpha value is -1.68. The van der Waals surface area contributed by atoms with E-state index in [1.165, 1.54) is 13.2 Å². The van der Waals surface area contributed by atoms with Gasteiger partial charge in [-0.05, 0) is 18.2 Å². The fourth-order valence-corrected chi connectivity index (χ4v) is 0.924. The van der Waals surface area contributed by atoms with Crippen LogP contribution in [-0.4, -0.2) is 12.2 Å². The Morgan fingerprint density at radius 1 is 1.62 bits per heavy atom. The van der Waals surface area contributed by atoms with Gasteiger partial charge >= 0.3 is 0 Å². The van der Waals surface area contributed by atoms with Crippen LogP contribution in [0.3, 0.4) is 0 Å². The average Bonchev–Trinajstić information content (AvgIpc) is 2.10. The normalized spacial score (nSPS) is 9.62. The van der Waals surface area contributed by atoms with Crippen molar-refractivity contribution in [1.82, 2.24) is 5.48 Å². The minimum absolute atomic E-state index is 0.0639. The second kappa shape index (κ2) is 3.82. The first-order valence-corrected chi connectivity index (χ1v) is 3.72. The lowest BCUT2D eigenvalue weighted by molar-refractivity contribution is 0.137. The minimum atomic E-state index is 0.0639. The molecule has 1 rings (SSSR count). The van der Waals surface area contributed by atoms with Gasteiger partial charge in [0.15, 0.2) is 0 Å². The summed E-state index contributed by atoms with van der Waals surface area (Å²) in [6.45, 7) is 3.71. The number of aromatic hydroxyl groups is 1. The van der Waals surface area contributed by atoms with E-state index >= 15 is 0 Å². The van der Waals surface area contributed by atoms with Crippen molar-refractivity contribution in [2.24, 2.45) is 0 Å². The van der Waals surface area contributed by atoms with E-state index in [1.807, 2.05) is 0 Å². The number of phenolic OH excluding ortho intramolecular Hbond substituents is 1. The summed E-state index contributed by atoms with van der Waals surface area (Å²) in [7, 11) is 1.49. The van der Waals surface area contributed by atoms with Gasteiger partial charge in [-0.25, -0.2) is 0 Å². The van der Waals surface area contributed by atoms with Crippen molar-refractivity contribution < 1.29 is 9.94 Å². The van der Waals surface area contributed by atoms with Gasteiger partial charge in [-0.1, -0.05) is 6.58 Å². The maximum absolute atomic E-state index is 9.15. The van der Waals surface area contributed by atoms with Gasteiger partial charge in [0.05, 0.1) is 18.5 Å². The number of hydrogen-bond donors (Lipinski definition) is 3. The summed E-state index contributed by atoms with van der Waals surface area (Å²) < 4.78 is 0. The molecule has 0 saturated carbocycles. The SMILES string of the molecule is C=C(NOC)c1ccc(O)c(N)c1. The number of rotatable bonds is 3. The zero-order valence-corrected chi connectivity index (χ0v) is 7.37. The highest BCUT2D eigenvalue weighted by atomic mass is 16.6. The molecular weight excluding hydrogens is 168 g/mol. The lowest BCUT2D eigenvalue weighted by Crippen LogP contribution is -2.08. The number of phenols is 1. The molecule has 0 aliphatic rings. The predicted molar refractivity (Wildman–Crippen MR) is 51.7 cm³/mol. The lowest BCUT2D eigenvalue weighted by Gasteiger charge is -2.07. The summed E-state index contributed by atoms with van der Waals surface area (Å²) in [5.41, 5.74) is 9.75. The quantitative estimate of drug-likeness (QED) is 0.370. The lowest BCUT2D eigenvalue weighted by atomic mass is 10.1. The Kier molecular flexibility index (Phi) is 2.76. The van der Waals surface area contributed by atoms with Gasteiger partial charge in [0.25, 0.3) is 0 Å². The third-order valence-electron chi connectivity index (χ3n) is 1.60. The molecule has 0 saturated heterocycles. The third-order valence-corrected chi connectivity index (χ3v) is 1.60. The highest BCUT2D eigenvalue weighted by Crippen LogP contribution is 2.22. The van der Waals surface area contributed by atoms with Gasteiger partial charge in [-0.3, -0.25) is 10.3 Å². The van der Waals surface area contributed by atoms with Crippen LogP contribution in [0.15, 0.2) is 24.8 Å². The summed E-state index contributed by atoms with van der Waals surface area (Å²) in [5.74, 6) is 0.0639. The fraction of sp³-hybridized carbons (Fsp3) is 0.111. The molecule has 0 bridgehead atoms. The van der Waals surface area contributed by atoms with Crippen molar-refractivity contribution in [2.45, 2.75) is 0 Å². The van der Waals surface area contributed by atoms with E-state index in [0.717, 1.165) is 5.56 Å². The highest BCUT2D eigenvalue weighted by Gasteiger charge is 2.01. The van der Waals surface area contributed by atoms with Crippen molar-refractivity contribution in [3.05, 3.63) is 30.3 Å². The van der Waals surface area contributed by atoms with E-state index in [1.54, 1.807) is 12.1 Å². The predicted octanol–water partition coefficient (Wildman–Crippen LogP) is 1.10. The molecule has 1 aromatic rings. The molecular formula is C9H12N2O2. The van der Waals surface area contributed by atoms with Crippen molar-refractivity contribution in [2.75, 3.05) is 12.8 Å². The van der Waals surface area contributed by atoms with Crippen molar-refractivity contribution >= 4 is 11.4 Å². The van der Waals surface area contributed by atoms with Crippen LogP contribution in [0.2, 0.25) is 0 Å². The maximum atomic E-state index is 9.15. The van der Waals surface area contributed by atoms with Gasteiger partial charge in [0.2, 0.25) is 0 Å². The van der Waals surface area contributed by atoms with Crippen LogP contribution in [-0.2, 0) is 4.84 Å². The monoisotopic (exact) mass is 180 g/mol. The highest BCUT2D eigenvalue weighted by molar-refractivity contribution is 5.67. The smallest absolute Gasteiger partial charge is 0.138 e. The topological polar surface area (TPSA) is 67.5 Å². The Morgan fingerprint density at radius 2 is 2.31 bits per heavy atom. The van der Waals surface area contributed by atoms with Crippen LogP contribution in [0, 0.1) is 0 Å². The molecule has 0 radical (unpaired) electrons. The molecule has 70 valence electrons. The summed E-state index contributed by atoms with van der Waals surface area (Å²) in [6, 6.07) is 4.82. The van der Waals surface area contributed by atoms with E-state index in [0.29, 0.717) is 11.4 Å². The Morgan fingerprint density at radius 3 is 2.85 bits per heavy atom. The van der Waals surface area contributed by atoms with Gasteiger partial charge in [0, 0.05) is 5.56 Å². The van der Waals surface area contributed by atoms with Crippen LogP contribution >= 0.6 is 0 Å². The average molecular weight is 180 g/mol. The molecule has 0 aliphatic carbocycles. The first-order valence-electron chi connectivity index (χ1n) is 3.72. The van der Waals surface area contributed by atoms with Gasteiger partial charge in [-0.2, -0.15) is 0 Å². The summed E-state index contributed by atoms with van der Waals surface area (Å²) in [4.78, 5) is 4.68. The third kappa shape index (κ3) is 2.13. The van der Waals surface area contributed by atoms with Crippen molar-refractivity contribution in [3.8, 4) is 5.75 Å². The van der Waals surface area contributed by atoms with Crippen LogP contribution in [0.1, 0.15) is 5.56 Å². The first kappa shape index (κ1) is 9.41. The van der Waals surface area contributed by atoms with E-state index in [9.17, 15) is 0 Å². The molecule has 0 fully saturated rings. The summed E-state index contributed by atoms with van der Waals surface area (Å²) in [5, 5.41) is 9.15. The number of nitrogens with one attached hydrogen (secondary N) is 1. The zero-order valence-electron chi connectivity index (χ0n) is 7.37. The fourth-order valence-electron chi connectivity index (χ4n) is 0.924. The van der Waals surface area contributed by atoms with Crippen LogP contribution in [0.25, 0.3) is 5.70 Å². The number of anilines is 1. The molecule has 13 heavy (non-hydrogen) atoms. The van der Waals surface area contributed by atoms with E-state index in [2.05, 4.69) is 16.9 Å². The van der Waals surface area contributed by atoms with Gasteiger partial charge in [0.1, 0.15) is 5.75 Å². The van der Waals surface area contributed by atoms with Crippen LogP contribution in [0.5, 0.6) is 5.75 Å². The van der Waals surface area contributed by atoms with Crippen LogP contribution < -0.4 is 11.2 Å². The molecule has 4 heteroatoms. The van der Waals surface area contributed by atoms with Gasteiger partial charge < -0.3 is 10.8 Å². The molecule has 0 unspecified atom stereocenters. The number of nitrogens with two attached hydrogens (primary N) is 1. The molecule has 1 aromatic carbocycles. The second-order valence-electron chi connectivity index (χ2n) is 2.56. The van der Waals surface area contributed by atoms with Crippen LogP contribution in [0.4, 0.5) is 5.69 Å². The van der Waals surface area contributed by atoms with Gasteiger partial charge in [-0.15, -0.1) is 0 Å². The number of nitrogen functional groups attached to an aromatic ring is 1. The molecule has 0 aliphatic heterocycles. The Labute approximate surface area is 76.6 Å². The number of benzene rings is 1. The minimum Gasteiger partial charge on any atom is -0.506 e. The Bertz CT molecular complexity index is 323. The molecule has 0 atom stereocenters. The number of hydroxylamine groups is 1. The summed E-state index contributed by atoms with van der Waals surface area (Å²) >= 11 is 0. The molecule has 4 N–H and O–H groups in total. The molecule has 0 heterocycles. The van der Waals surface area contributed by atoms with E-state index in [4.69, 9.17) is 10.8 Å². The standard InChI is InChI=1S/C9H12N2O2/c1-6(11-13-2)7-3-4-9(12)8(10)5-7/h3-5,11-12H,1,10H2,2H3. The Balaban J connectivity index is 2.90. The summed E-state index contributed by atoms with van der Waals surface area (Å²) in [6.07, 6.45) is 0. The first-order chi connectivity index (χ1) is 6.15. The largest absolute Gasteiger partial charge is 0.506 e. The second-order valence-corrected chi connectivity index (χ2v) is 2.56. The van der Waals surface area contributed by atoms with Crippen molar-refractivity contribution in [3.63, 3.8) is 0 Å². The van der Waals surface area contributed by atoms with E-state index in [-0.39, 0.29) is 5.75 Å². The van der Waals surface area contributed by atoms with E-state index < -0.39 is 0 Å². The zero-order chi connectivity index (χ0) is 9.84. The van der Waals surface area contributed by atoms with Crippen molar-refractivity contribution in [1.29, 1.82) is 0 Å². The molecule has 0 spiro atoms. The maximum Gasteiger partial charge on any atom is 0.138 e. The molecule has 4 nitrogen and oxygen atoms in total.